The largest absolute Gasteiger partial charge is 0.378 e. The summed E-state index contributed by atoms with van der Waals surface area (Å²) in [5.74, 6) is 0. The van der Waals surface area contributed by atoms with Crippen LogP contribution in [0.2, 0.25) is 0 Å². The topological polar surface area (TPSA) is 18.5 Å². The molecule has 1 aliphatic carbocycles. The highest BCUT2D eigenvalue weighted by atomic mass is 16.5. The van der Waals surface area contributed by atoms with Crippen molar-refractivity contribution in [1.29, 1.82) is 0 Å². The zero-order valence-corrected chi connectivity index (χ0v) is 7.99. The molecule has 1 aromatic rings. The van der Waals surface area contributed by atoms with Gasteiger partial charge in [0.25, 0.3) is 0 Å². The van der Waals surface area contributed by atoms with Gasteiger partial charge in [-0.1, -0.05) is 24.3 Å². The maximum atomic E-state index is 5.42. The lowest BCUT2D eigenvalue weighted by atomic mass is 10.1. The number of rotatable bonds is 2. The van der Waals surface area contributed by atoms with Crippen molar-refractivity contribution in [2.75, 3.05) is 14.2 Å². The van der Waals surface area contributed by atoms with Gasteiger partial charge in [0, 0.05) is 20.6 Å². The summed E-state index contributed by atoms with van der Waals surface area (Å²) in [4.78, 5) is 0. The van der Waals surface area contributed by atoms with Gasteiger partial charge in [0.2, 0.25) is 0 Å². The van der Waals surface area contributed by atoms with Crippen molar-refractivity contribution in [1.82, 2.24) is 0 Å². The fourth-order valence-corrected chi connectivity index (χ4v) is 2.01. The Kier molecular flexibility index (Phi) is 2.34. The molecule has 0 amide bonds. The first-order valence-corrected chi connectivity index (χ1v) is 4.50. The molecule has 0 unspecified atom stereocenters. The third-order valence-electron chi connectivity index (χ3n) is 2.68. The fourth-order valence-electron chi connectivity index (χ4n) is 2.01. The monoisotopic (exact) mass is 178 g/mol. The number of methoxy groups -OCH3 is 2. The van der Waals surface area contributed by atoms with E-state index in [9.17, 15) is 0 Å². The maximum Gasteiger partial charge on any atom is 0.109 e. The third kappa shape index (κ3) is 1.36. The van der Waals surface area contributed by atoms with Crippen molar-refractivity contribution in [3.05, 3.63) is 35.4 Å². The predicted molar refractivity (Wildman–Crippen MR) is 50.7 cm³/mol. The van der Waals surface area contributed by atoms with Crippen molar-refractivity contribution < 1.29 is 9.47 Å². The Hall–Kier alpha value is -0.860. The summed E-state index contributed by atoms with van der Waals surface area (Å²) in [6.45, 7) is 0. The second-order valence-electron chi connectivity index (χ2n) is 3.33. The van der Waals surface area contributed by atoms with Crippen molar-refractivity contribution >= 4 is 0 Å². The number of hydrogen-bond donors (Lipinski definition) is 0. The van der Waals surface area contributed by atoms with Crippen molar-refractivity contribution in [2.45, 2.75) is 18.6 Å². The van der Waals surface area contributed by atoms with E-state index in [1.54, 1.807) is 14.2 Å². The first-order chi connectivity index (χ1) is 6.36. The Morgan fingerprint density at radius 3 is 2.62 bits per heavy atom. The quantitative estimate of drug-likeness (QED) is 0.689. The van der Waals surface area contributed by atoms with Gasteiger partial charge in [0.1, 0.15) is 6.10 Å². The van der Waals surface area contributed by atoms with Crippen LogP contribution in [0.1, 0.15) is 17.2 Å². The molecule has 2 rings (SSSR count). The lowest BCUT2D eigenvalue weighted by molar-refractivity contribution is -0.0259. The highest BCUT2D eigenvalue weighted by Gasteiger charge is 2.31. The summed E-state index contributed by atoms with van der Waals surface area (Å²) in [6.07, 6.45) is 1.26. The van der Waals surface area contributed by atoms with Gasteiger partial charge in [-0.15, -0.1) is 0 Å². The van der Waals surface area contributed by atoms with Gasteiger partial charge in [0.05, 0.1) is 6.10 Å². The molecular formula is C11H14O2. The van der Waals surface area contributed by atoms with Crippen LogP contribution in [-0.4, -0.2) is 20.3 Å². The average Bonchev–Trinajstić information content (AvgIpc) is 2.55. The summed E-state index contributed by atoms with van der Waals surface area (Å²) in [5.41, 5.74) is 2.62. The van der Waals surface area contributed by atoms with E-state index in [2.05, 4.69) is 18.2 Å². The molecule has 0 fully saturated rings. The van der Waals surface area contributed by atoms with Crippen LogP contribution in [-0.2, 0) is 15.9 Å². The molecule has 70 valence electrons. The summed E-state index contributed by atoms with van der Waals surface area (Å²) in [6, 6.07) is 8.36. The molecule has 1 aromatic carbocycles. The standard InChI is InChI=1S/C11H14O2/c1-12-10-7-8-5-3-4-6-9(8)11(10)13-2/h3-6,10-11H,7H2,1-2H3/t10-,11-/m1/s1. The summed E-state index contributed by atoms with van der Waals surface area (Å²) >= 11 is 0. The minimum Gasteiger partial charge on any atom is -0.378 e. The molecule has 0 aromatic heterocycles. The summed E-state index contributed by atoms with van der Waals surface area (Å²) in [7, 11) is 3.47. The van der Waals surface area contributed by atoms with Crippen LogP contribution in [0.5, 0.6) is 0 Å². The van der Waals surface area contributed by atoms with Gasteiger partial charge in [-0.05, 0) is 11.1 Å². The van der Waals surface area contributed by atoms with Crippen molar-refractivity contribution in [3.63, 3.8) is 0 Å². The van der Waals surface area contributed by atoms with Crippen LogP contribution in [0.3, 0.4) is 0 Å². The van der Waals surface area contributed by atoms with Crippen molar-refractivity contribution in [3.8, 4) is 0 Å². The van der Waals surface area contributed by atoms with Crippen LogP contribution >= 0.6 is 0 Å². The molecule has 2 atom stereocenters. The molecule has 0 aliphatic heterocycles. The zero-order chi connectivity index (χ0) is 9.26. The lowest BCUT2D eigenvalue weighted by Gasteiger charge is -2.16. The Morgan fingerprint density at radius 2 is 1.92 bits per heavy atom. The Balaban J connectivity index is 2.34. The molecule has 0 saturated heterocycles. The van der Waals surface area contributed by atoms with Gasteiger partial charge in [-0.2, -0.15) is 0 Å². The second kappa shape index (κ2) is 3.48. The van der Waals surface area contributed by atoms with E-state index in [4.69, 9.17) is 9.47 Å². The highest BCUT2D eigenvalue weighted by molar-refractivity contribution is 5.35. The molecule has 2 heteroatoms. The molecule has 2 nitrogen and oxygen atoms in total. The van der Waals surface area contributed by atoms with Crippen LogP contribution in [0.25, 0.3) is 0 Å². The molecule has 1 aliphatic rings. The number of ether oxygens (including phenoxy) is 2. The molecule has 0 N–H and O–H groups in total. The number of benzene rings is 1. The molecule has 0 radical (unpaired) electrons. The molecule has 13 heavy (non-hydrogen) atoms. The van der Waals surface area contributed by atoms with E-state index >= 15 is 0 Å². The van der Waals surface area contributed by atoms with E-state index in [-0.39, 0.29) is 12.2 Å². The molecular weight excluding hydrogens is 164 g/mol. The fraction of sp³-hybridized carbons (Fsp3) is 0.455. The van der Waals surface area contributed by atoms with Crippen LogP contribution in [0.15, 0.2) is 24.3 Å². The lowest BCUT2D eigenvalue weighted by Crippen LogP contribution is -2.17. The SMILES string of the molecule is CO[C@@H]1c2ccccc2C[C@H]1OC. The summed E-state index contributed by atoms with van der Waals surface area (Å²) in [5, 5.41) is 0. The Labute approximate surface area is 78.5 Å². The Bertz CT molecular complexity index is 296. The molecule has 0 saturated carbocycles. The normalized spacial score (nSPS) is 26.0. The van der Waals surface area contributed by atoms with Crippen LogP contribution in [0, 0.1) is 0 Å². The minimum atomic E-state index is 0.112. The van der Waals surface area contributed by atoms with E-state index in [0.29, 0.717) is 0 Å². The molecule has 0 heterocycles. The van der Waals surface area contributed by atoms with Crippen molar-refractivity contribution in [2.24, 2.45) is 0 Å². The molecule has 0 bridgehead atoms. The first-order valence-electron chi connectivity index (χ1n) is 4.50. The first kappa shape index (κ1) is 8.73. The van der Waals surface area contributed by atoms with Crippen LogP contribution < -0.4 is 0 Å². The van der Waals surface area contributed by atoms with Crippen LogP contribution in [0.4, 0.5) is 0 Å². The number of hydrogen-bond acceptors (Lipinski definition) is 2. The Morgan fingerprint density at radius 1 is 1.15 bits per heavy atom. The van der Waals surface area contributed by atoms with Gasteiger partial charge in [-0.25, -0.2) is 0 Å². The van der Waals surface area contributed by atoms with Gasteiger partial charge < -0.3 is 9.47 Å². The van der Waals surface area contributed by atoms with E-state index in [0.717, 1.165) is 6.42 Å². The third-order valence-corrected chi connectivity index (χ3v) is 2.68. The summed E-state index contributed by atoms with van der Waals surface area (Å²) < 4.78 is 10.8. The van der Waals surface area contributed by atoms with E-state index < -0.39 is 0 Å². The smallest absolute Gasteiger partial charge is 0.109 e. The average molecular weight is 178 g/mol. The van der Waals surface area contributed by atoms with Gasteiger partial charge >= 0.3 is 0 Å². The highest BCUT2D eigenvalue weighted by Crippen LogP contribution is 2.34. The zero-order valence-electron chi connectivity index (χ0n) is 7.99. The predicted octanol–water partition coefficient (Wildman–Crippen LogP) is 1.95. The number of fused-ring (bicyclic) bond motifs is 1. The minimum absolute atomic E-state index is 0.112. The second-order valence-corrected chi connectivity index (χ2v) is 3.33. The van der Waals surface area contributed by atoms with E-state index in [1.807, 2.05) is 6.07 Å². The van der Waals surface area contributed by atoms with E-state index in [1.165, 1.54) is 11.1 Å². The van der Waals surface area contributed by atoms with Gasteiger partial charge in [0.15, 0.2) is 0 Å². The van der Waals surface area contributed by atoms with Gasteiger partial charge in [-0.3, -0.25) is 0 Å². The molecule has 0 spiro atoms. The maximum absolute atomic E-state index is 5.42.